The van der Waals surface area contributed by atoms with Gasteiger partial charge in [0, 0.05) is 29.2 Å². The molecule has 1 heterocycles. The lowest BCUT2D eigenvalue weighted by Crippen LogP contribution is -2.15. The summed E-state index contributed by atoms with van der Waals surface area (Å²) in [6, 6.07) is 8.16. The van der Waals surface area contributed by atoms with Crippen molar-refractivity contribution in [3.8, 4) is 0 Å². The van der Waals surface area contributed by atoms with Gasteiger partial charge in [-0.05, 0) is 36.8 Å². The van der Waals surface area contributed by atoms with Crippen molar-refractivity contribution in [1.29, 1.82) is 0 Å². The Balaban J connectivity index is 2.26. The van der Waals surface area contributed by atoms with E-state index in [4.69, 9.17) is 5.73 Å². The van der Waals surface area contributed by atoms with Gasteiger partial charge in [0.05, 0.1) is 0 Å². The Kier molecular flexibility index (Phi) is 3.56. The summed E-state index contributed by atoms with van der Waals surface area (Å²) < 4.78 is 0. The van der Waals surface area contributed by atoms with Crippen LogP contribution in [0.1, 0.15) is 26.3 Å². The molecule has 0 fully saturated rings. The van der Waals surface area contributed by atoms with Gasteiger partial charge >= 0.3 is 0 Å². The number of amides is 2. The molecular formula is C14H13N3O2. The Hall–Kier alpha value is -2.69. The van der Waals surface area contributed by atoms with Crippen molar-refractivity contribution in [2.24, 2.45) is 5.73 Å². The Labute approximate surface area is 110 Å². The van der Waals surface area contributed by atoms with Gasteiger partial charge in [0.1, 0.15) is 0 Å². The van der Waals surface area contributed by atoms with Crippen LogP contribution in [-0.2, 0) is 0 Å². The molecule has 0 saturated carbocycles. The highest BCUT2D eigenvalue weighted by molar-refractivity contribution is 6.05. The van der Waals surface area contributed by atoms with Crippen LogP contribution in [-0.4, -0.2) is 16.8 Å². The van der Waals surface area contributed by atoms with E-state index in [9.17, 15) is 9.59 Å². The second-order valence-corrected chi connectivity index (χ2v) is 4.08. The molecule has 0 aliphatic carbocycles. The molecular weight excluding hydrogens is 242 g/mol. The number of hydrogen-bond acceptors (Lipinski definition) is 3. The first-order chi connectivity index (χ1) is 9.08. The van der Waals surface area contributed by atoms with Crippen LogP contribution in [0.5, 0.6) is 0 Å². The number of aryl methyl sites for hydroxylation is 1. The normalized spacial score (nSPS) is 9.95. The van der Waals surface area contributed by atoms with Crippen molar-refractivity contribution in [1.82, 2.24) is 4.98 Å². The second kappa shape index (κ2) is 5.30. The van der Waals surface area contributed by atoms with E-state index in [2.05, 4.69) is 10.3 Å². The van der Waals surface area contributed by atoms with Crippen molar-refractivity contribution in [2.45, 2.75) is 6.92 Å². The first-order valence-corrected chi connectivity index (χ1v) is 5.70. The van der Waals surface area contributed by atoms with Crippen LogP contribution >= 0.6 is 0 Å². The molecule has 5 heteroatoms. The number of nitrogens with two attached hydrogens (primary N) is 1. The van der Waals surface area contributed by atoms with E-state index >= 15 is 0 Å². The molecule has 0 spiro atoms. The minimum absolute atomic E-state index is 0.257. The first kappa shape index (κ1) is 12.8. The maximum atomic E-state index is 12.0. The van der Waals surface area contributed by atoms with Gasteiger partial charge in [0.15, 0.2) is 0 Å². The van der Waals surface area contributed by atoms with Crippen LogP contribution in [0.25, 0.3) is 0 Å². The molecule has 0 aliphatic heterocycles. The number of pyridine rings is 1. The number of carbonyl (C=O) groups excluding carboxylic acids is 2. The number of hydrogen-bond donors (Lipinski definition) is 2. The zero-order valence-corrected chi connectivity index (χ0v) is 10.4. The number of aromatic nitrogens is 1. The third-order valence-electron chi connectivity index (χ3n) is 2.71. The molecule has 0 saturated heterocycles. The molecule has 1 aromatic heterocycles. The van der Waals surface area contributed by atoms with Gasteiger partial charge in [0.25, 0.3) is 5.91 Å². The molecule has 2 aromatic rings. The smallest absolute Gasteiger partial charge is 0.255 e. The largest absolute Gasteiger partial charge is 0.366 e. The SMILES string of the molecule is Cc1ccc(C(N)=O)cc1NC(=O)c1ccncc1. The number of nitrogens with one attached hydrogen (secondary N) is 1. The predicted molar refractivity (Wildman–Crippen MR) is 71.9 cm³/mol. The zero-order valence-electron chi connectivity index (χ0n) is 10.4. The standard InChI is InChI=1S/C14H13N3O2/c1-9-2-3-11(13(15)18)8-12(9)17-14(19)10-4-6-16-7-5-10/h2-8H,1H3,(H2,15,18)(H,17,19). The number of primary amides is 1. The number of benzene rings is 1. The predicted octanol–water partition coefficient (Wildman–Crippen LogP) is 1.74. The summed E-state index contributed by atoms with van der Waals surface area (Å²) in [4.78, 5) is 27.0. The van der Waals surface area contributed by atoms with Gasteiger partial charge in [0.2, 0.25) is 5.91 Å². The van der Waals surface area contributed by atoms with E-state index in [1.165, 1.54) is 0 Å². The van der Waals surface area contributed by atoms with Gasteiger partial charge in [-0.25, -0.2) is 0 Å². The Morgan fingerprint density at radius 1 is 1.11 bits per heavy atom. The summed E-state index contributed by atoms with van der Waals surface area (Å²) in [6.07, 6.45) is 3.09. The summed E-state index contributed by atoms with van der Waals surface area (Å²) in [5.74, 6) is -0.786. The molecule has 0 aliphatic rings. The van der Waals surface area contributed by atoms with Gasteiger partial charge in [-0.15, -0.1) is 0 Å². The van der Waals surface area contributed by atoms with Gasteiger partial charge in [-0.1, -0.05) is 6.07 Å². The lowest BCUT2D eigenvalue weighted by molar-refractivity contribution is 0.0996. The summed E-state index contributed by atoms with van der Waals surface area (Å²) in [6.45, 7) is 1.84. The average molecular weight is 255 g/mol. The second-order valence-electron chi connectivity index (χ2n) is 4.08. The molecule has 2 rings (SSSR count). The molecule has 19 heavy (non-hydrogen) atoms. The highest BCUT2D eigenvalue weighted by Gasteiger charge is 2.09. The lowest BCUT2D eigenvalue weighted by atomic mass is 10.1. The molecule has 3 N–H and O–H groups in total. The van der Waals surface area contributed by atoms with Crippen molar-refractivity contribution in [2.75, 3.05) is 5.32 Å². The Morgan fingerprint density at radius 3 is 2.42 bits per heavy atom. The summed E-state index contributed by atoms with van der Waals surface area (Å²) in [5, 5.41) is 2.75. The van der Waals surface area contributed by atoms with Crippen LogP contribution in [0.4, 0.5) is 5.69 Å². The molecule has 1 aromatic carbocycles. The van der Waals surface area contributed by atoms with E-state index in [1.54, 1.807) is 42.7 Å². The van der Waals surface area contributed by atoms with Crippen molar-refractivity contribution in [3.63, 3.8) is 0 Å². The summed E-state index contributed by atoms with van der Waals surface area (Å²) >= 11 is 0. The monoisotopic (exact) mass is 255 g/mol. The zero-order chi connectivity index (χ0) is 13.8. The van der Waals surface area contributed by atoms with Crippen LogP contribution in [0.2, 0.25) is 0 Å². The number of rotatable bonds is 3. The fraction of sp³-hybridized carbons (Fsp3) is 0.0714. The number of anilines is 1. The lowest BCUT2D eigenvalue weighted by Gasteiger charge is -2.09. The topological polar surface area (TPSA) is 85.1 Å². The molecule has 96 valence electrons. The van der Waals surface area contributed by atoms with Crippen molar-refractivity contribution in [3.05, 3.63) is 59.4 Å². The first-order valence-electron chi connectivity index (χ1n) is 5.70. The quantitative estimate of drug-likeness (QED) is 0.876. The molecule has 2 amide bonds. The van der Waals surface area contributed by atoms with E-state index in [-0.39, 0.29) is 5.91 Å². The highest BCUT2D eigenvalue weighted by Crippen LogP contribution is 2.17. The van der Waals surface area contributed by atoms with Crippen molar-refractivity contribution < 1.29 is 9.59 Å². The molecule has 5 nitrogen and oxygen atoms in total. The van der Waals surface area contributed by atoms with Gasteiger partial charge < -0.3 is 11.1 Å². The minimum Gasteiger partial charge on any atom is -0.366 e. The Morgan fingerprint density at radius 2 is 1.79 bits per heavy atom. The third-order valence-corrected chi connectivity index (χ3v) is 2.71. The van der Waals surface area contributed by atoms with Crippen LogP contribution in [0.3, 0.4) is 0 Å². The fourth-order valence-electron chi connectivity index (χ4n) is 1.61. The van der Waals surface area contributed by atoms with E-state index in [1.807, 2.05) is 6.92 Å². The van der Waals surface area contributed by atoms with E-state index in [0.717, 1.165) is 5.56 Å². The highest BCUT2D eigenvalue weighted by atomic mass is 16.2. The average Bonchev–Trinajstić information content (AvgIpc) is 2.42. The molecule has 0 bridgehead atoms. The number of carbonyl (C=O) groups is 2. The Bertz CT molecular complexity index is 624. The third kappa shape index (κ3) is 2.95. The fourth-order valence-corrected chi connectivity index (χ4v) is 1.61. The molecule has 0 atom stereocenters. The van der Waals surface area contributed by atoms with Crippen molar-refractivity contribution >= 4 is 17.5 Å². The van der Waals surface area contributed by atoms with Gasteiger partial charge in [-0.3, -0.25) is 14.6 Å². The van der Waals surface area contributed by atoms with Crippen LogP contribution < -0.4 is 11.1 Å². The van der Waals surface area contributed by atoms with Crippen LogP contribution in [0.15, 0.2) is 42.7 Å². The molecule has 0 radical (unpaired) electrons. The minimum atomic E-state index is -0.528. The van der Waals surface area contributed by atoms with E-state index in [0.29, 0.717) is 16.8 Å². The molecule has 0 unspecified atom stereocenters. The maximum absolute atomic E-state index is 12.0. The summed E-state index contributed by atoms with van der Waals surface area (Å²) in [5.41, 5.74) is 7.49. The van der Waals surface area contributed by atoms with Gasteiger partial charge in [-0.2, -0.15) is 0 Å². The maximum Gasteiger partial charge on any atom is 0.255 e. The van der Waals surface area contributed by atoms with E-state index < -0.39 is 5.91 Å². The number of nitrogens with zero attached hydrogens (tertiary/aromatic N) is 1. The van der Waals surface area contributed by atoms with Crippen LogP contribution in [0, 0.1) is 6.92 Å². The summed E-state index contributed by atoms with van der Waals surface area (Å²) in [7, 11) is 0.